The molecule has 6 rings (SSSR count). The third kappa shape index (κ3) is 4.58. The van der Waals surface area contributed by atoms with Crippen LogP contribution in [0.1, 0.15) is 5.56 Å². The van der Waals surface area contributed by atoms with Crippen molar-refractivity contribution in [2.24, 2.45) is 0 Å². The number of pyridine rings is 3. The zero-order valence-corrected chi connectivity index (χ0v) is 20.6. The van der Waals surface area contributed by atoms with Crippen molar-refractivity contribution in [3.05, 3.63) is 84.6 Å². The summed E-state index contributed by atoms with van der Waals surface area (Å²) < 4.78 is 37.7. The highest BCUT2D eigenvalue weighted by Crippen LogP contribution is 2.34. The number of sulfone groups is 1. The Kier molecular flexibility index (Phi) is 5.53. The van der Waals surface area contributed by atoms with Crippen molar-refractivity contribution in [1.82, 2.24) is 30.1 Å². The maximum Gasteiger partial charge on any atom is 0.147 e. The summed E-state index contributed by atoms with van der Waals surface area (Å²) in [6.07, 6.45) is 6.51. The van der Waals surface area contributed by atoms with E-state index in [0.29, 0.717) is 22.3 Å². The van der Waals surface area contributed by atoms with Crippen molar-refractivity contribution in [2.75, 3.05) is 12.0 Å². The van der Waals surface area contributed by atoms with Gasteiger partial charge in [0.25, 0.3) is 0 Å². The van der Waals surface area contributed by atoms with Crippen molar-refractivity contribution in [2.45, 2.75) is 6.42 Å². The van der Waals surface area contributed by atoms with Crippen LogP contribution in [-0.4, -0.2) is 50.6 Å². The maximum absolute atomic E-state index is 14.5. The molecule has 0 radical (unpaired) electrons. The number of nitrogens with one attached hydrogen (secondary N) is 2. The van der Waals surface area contributed by atoms with Crippen LogP contribution in [0, 0.1) is 5.82 Å². The predicted octanol–water partition coefficient (Wildman–Crippen LogP) is 4.96. The molecule has 0 fully saturated rings. The highest BCUT2D eigenvalue weighted by atomic mass is 32.2. The van der Waals surface area contributed by atoms with Gasteiger partial charge in [0.2, 0.25) is 0 Å². The summed E-state index contributed by atoms with van der Waals surface area (Å²) in [5, 5.41) is 8.36. The zero-order chi connectivity index (χ0) is 25.6. The molecule has 10 heteroatoms. The van der Waals surface area contributed by atoms with Crippen molar-refractivity contribution in [3.8, 4) is 33.9 Å². The molecule has 184 valence electrons. The molecule has 0 saturated heterocycles. The Labute approximate surface area is 211 Å². The van der Waals surface area contributed by atoms with Gasteiger partial charge in [0.05, 0.1) is 40.1 Å². The van der Waals surface area contributed by atoms with Crippen LogP contribution in [0.5, 0.6) is 0 Å². The lowest BCUT2D eigenvalue weighted by atomic mass is 10.0. The summed E-state index contributed by atoms with van der Waals surface area (Å²) in [7, 11) is -3.17. The third-order valence-corrected chi connectivity index (χ3v) is 7.11. The quantitative estimate of drug-likeness (QED) is 0.326. The molecule has 0 saturated carbocycles. The van der Waals surface area contributed by atoms with Gasteiger partial charge >= 0.3 is 0 Å². The van der Waals surface area contributed by atoms with Crippen molar-refractivity contribution >= 4 is 31.8 Å². The number of fused-ring (bicyclic) bond motifs is 2. The number of halogens is 1. The Morgan fingerprint density at radius 3 is 2.68 bits per heavy atom. The SMILES string of the molecule is CS(=O)(=O)CCc1cc(F)cc(-c2cncc3[nH]c(-c4n[nH]c5ccc(-c6ccccn6)nc45)cc23)c1. The smallest absolute Gasteiger partial charge is 0.147 e. The molecule has 5 aromatic heterocycles. The van der Waals surface area contributed by atoms with Gasteiger partial charge in [-0.05, 0) is 60.0 Å². The number of rotatable bonds is 6. The van der Waals surface area contributed by atoms with Gasteiger partial charge in [-0.25, -0.2) is 17.8 Å². The Morgan fingerprint density at radius 2 is 1.86 bits per heavy atom. The number of hydrogen-bond acceptors (Lipinski definition) is 6. The topological polar surface area (TPSA) is 117 Å². The minimum Gasteiger partial charge on any atom is -0.352 e. The van der Waals surface area contributed by atoms with E-state index in [1.54, 1.807) is 18.6 Å². The van der Waals surface area contributed by atoms with Crippen LogP contribution in [-0.2, 0) is 16.3 Å². The predicted molar refractivity (Wildman–Crippen MR) is 141 cm³/mol. The average Bonchev–Trinajstić information content (AvgIpc) is 3.51. The van der Waals surface area contributed by atoms with Gasteiger partial charge in [0, 0.05) is 29.6 Å². The summed E-state index contributed by atoms with van der Waals surface area (Å²) in [6, 6.07) is 16.0. The van der Waals surface area contributed by atoms with E-state index < -0.39 is 15.7 Å². The highest BCUT2D eigenvalue weighted by Gasteiger charge is 2.17. The molecule has 0 unspecified atom stereocenters. The van der Waals surface area contributed by atoms with Gasteiger partial charge < -0.3 is 4.98 Å². The molecular formula is C27H21FN6O2S. The van der Waals surface area contributed by atoms with Crippen molar-refractivity contribution < 1.29 is 12.8 Å². The van der Waals surface area contributed by atoms with Gasteiger partial charge in [0.1, 0.15) is 26.9 Å². The van der Waals surface area contributed by atoms with Crippen LogP contribution in [0.25, 0.3) is 55.8 Å². The van der Waals surface area contributed by atoms with Crippen molar-refractivity contribution in [3.63, 3.8) is 0 Å². The number of H-pyrrole nitrogens is 2. The van der Waals surface area contributed by atoms with Crippen LogP contribution >= 0.6 is 0 Å². The first-order valence-corrected chi connectivity index (χ1v) is 13.6. The molecule has 0 aliphatic rings. The Hall–Kier alpha value is -4.44. The molecule has 0 atom stereocenters. The standard InChI is InChI=1S/C27H21FN6O2S/c1-37(35,36)9-7-16-10-17(12-18(28)11-16)20-14-29-15-25-19(20)13-24(31-25)27-26-23(33-34-27)6-5-22(32-26)21-4-2-3-8-30-21/h2-6,8,10-15,31H,7,9H2,1H3,(H,33,34). The molecule has 37 heavy (non-hydrogen) atoms. The average molecular weight is 513 g/mol. The van der Waals surface area contributed by atoms with E-state index in [-0.39, 0.29) is 12.2 Å². The van der Waals surface area contributed by atoms with E-state index >= 15 is 0 Å². The summed E-state index contributed by atoms with van der Waals surface area (Å²) >= 11 is 0. The van der Waals surface area contributed by atoms with E-state index in [0.717, 1.165) is 39.1 Å². The Balaban J connectivity index is 1.44. The second-order valence-corrected chi connectivity index (χ2v) is 11.2. The second-order valence-electron chi connectivity index (χ2n) is 8.94. The van der Waals surface area contributed by atoms with Crippen LogP contribution < -0.4 is 0 Å². The molecule has 5 heterocycles. The van der Waals surface area contributed by atoms with Gasteiger partial charge in [0.15, 0.2) is 0 Å². The lowest BCUT2D eigenvalue weighted by Gasteiger charge is -2.07. The molecule has 1 aromatic carbocycles. The minimum atomic E-state index is -3.17. The number of aromatic amines is 2. The summed E-state index contributed by atoms with van der Waals surface area (Å²) in [5.41, 5.74) is 7.05. The third-order valence-electron chi connectivity index (χ3n) is 6.17. The first kappa shape index (κ1) is 23.0. The van der Waals surface area contributed by atoms with Crippen LogP contribution in [0.15, 0.2) is 73.2 Å². The van der Waals surface area contributed by atoms with Crippen LogP contribution in [0.2, 0.25) is 0 Å². The number of aromatic nitrogens is 6. The van der Waals surface area contributed by atoms with E-state index in [2.05, 4.69) is 25.1 Å². The van der Waals surface area contributed by atoms with E-state index in [1.807, 2.05) is 42.5 Å². The number of hydrogen-bond donors (Lipinski definition) is 2. The summed E-state index contributed by atoms with van der Waals surface area (Å²) in [6.45, 7) is 0. The fourth-order valence-corrected chi connectivity index (χ4v) is 5.01. The normalized spacial score (nSPS) is 11.9. The molecule has 6 aromatic rings. The Bertz CT molecular complexity index is 1880. The van der Waals surface area contributed by atoms with Crippen molar-refractivity contribution in [1.29, 1.82) is 0 Å². The largest absolute Gasteiger partial charge is 0.352 e. The second kappa shape index (κ2) is 8.90. The first-order valence-electron chi connectivity index (χ1n) is 11.6. The molecule has 0 amide bonds. The lowest BCUT2D eigenvalue weighted by molar-refractivity contribution is 0.600. The first-order chi connectivity index (χ1) is 17.8. The highest BCUT2D eigenvalue weighted by molar-refractivity contribution is 7.90. The molecule has 0 aliphatic carbocycles. The monoisotopic (exact) mass is 512 g/mol. The molecule has 0 aliphatic heterocycles. The molecule has 0 spiro atoms. The van der Waals surface area contributed by atoms with Gasteiger partial charge in [-0.15, -0.1) is 0 Å². The maximum atomic E-state index is 14.5. The number of aryl methyl sites for hydroxylation is 1. The fourth-order valence-electron chi connectivity index (χ4n) is 4.41. The Morgan fingerprint density at radius 1 is 0.973 bits per heavy atom. The zero-order valence-electron chi connectivity index (χ0n) is 19.7. The lowest BCUT2D eigenvalue weighted by Crippen LogP contribution is -2.06. The summed E-state index contributed by atoms with van der Waals surface area (Å²) in [5.74, 6) is -0.481. The van der Waals surface area contributed by atoms with Crippen LogP contribution in [0.3, 0.4) is 0 Å². The van der Waals surface area contributed by atoms with Crippen LogP contribution in [0.4, 0.5) is 4.39 Å². The molecular weight excluding hydrogens is 491 g/mol. The molecule has 8 nitrogen and oxygen atoms in total. The summed E-state index contributed by atoms with van der Waals surface area (Å²) in [4.78, 5) is 16.9. The minimum absolute atomic E-state index is 0.0492. The van der Waals surface area contributed by atoms with Gasteiger partial charge in [-0.1, -0.05) is 12.1 Å². The fraction of sp³-hybridized carbons (Fsp3) is 0.111. The van der Waals surface area contributed by atoms with E-state index in [9.17, 15) is 12.8 Å². The number of benzene rings is 1. The van der Waals surface area contributed by atoms with Gasteiger partial charge in [-0.2, -0.15) is 5.10 Å². The van der Waals surface area contributed by atoms with Gasteiger partial charge in [-0.3, -0.25) is 15.1 Å². The molecule has 2 N–H and O–H groups in total. The van der Waals surface area contributed by atoms with E-state index in [4.69, 9.17) is 4.98 Å². The number of nitrogens with zero attached hydrogens (tertiary/aromatic N) is 4. The van der Waals surface area contributed by atoms with E-state index in [1.165, 1.54) is 18.4 Å². The molecule has 0 bridgehead atoms.